The van der Waals surface area contributed by atoms with Gasteiger partial charge in [-0.15, -0.1) is 0 Å². The number of benzene rings is 3. The molecule has 1 N–H and O–H groups in total. The fourth-order valence-corrected chi connectivity index (χ4v) is 3.12. The SMILES string of the molecule is COC(=O)[C@H](Cc1ccccc1Cl)NC(=O)c1ccc(-c2ccccc2)cc1. The Morgan fingerprint density at radius 1 is 0.893 bits per heavy atom. The average Bonchev–Trinajstić information content (AvgIpc) is 2.75. The van der Waals surface area contributed by atoms with Crippen molar-refractivity contribution < 1.29 is 14.3 Å². The van der Waals surface area contributed by atoms with Crippen LogP contribution in [0.15, 0.2) is 78.9 Å². The average molecular weight is 394 g/mol. The summed E-state index contributed by atoms with van der Waals surface area (Å²) in [6, 6.07) is 23.5. The van der Waals surface area contributed by atoms with Crippen LogP contribution in [0.25, 0.3) is 11.1 Å². The molecule has 142 valence electrons. The molecule has 5 heteroatoms. The van der Waals surface area contributed by atoms with Gasteiger partial charge in [0.2, 0.25) is 0 Å². The summed E-state index contributed by atoms with van der Waals surface area (Å²) < 4.78 is 4.84. The summed E-state index contributed by atoms with van der Waals surface area (Å²) in [7, 11) is 1.29. The molecule has 0 saturated heterocycles. The Bertz CT molecular complexity index is 955. The maximum atomic E-state index is 12.6. The second kappa shape index (κ2) is 9.20. The van der Waals surface area contributed by atoms with Gasteiger partial charge in [-0.1, -0.05) is 72.3 Å². The number of methoxy groups -OCH3 is 1. The molecule has 4 nitrogen and oxygen atoms in total. The predicted octanol–water partition coefficient (Wildman–Crippen LogP) is 4.52. The number of hydrogen-bond acceptors (Lipinski definition) is 3. The third-order valence-electron chi connectivity index (χ3n) is 4.43. The van der Waals surface area contributed by atoms with Gasteiger partial charge in [0.05, 0.1) is 7.11 Å². The minimum atomic E-state index is -0.828. The van der Waals surface area contributed by atoms with E-state index in [-0.39, 0.29) is 12.3 Å². The van der Waals surface area contributed by atoms with Gasteiger partial charge in [-0.05, 0) is 34.9 Å². The number of hydrogen-bond donors (Lipinski definition) is 1. The fraction of sp³-hybridized carbons (Fsp3) is 0.130. The van der Waals surface area contributed by atoms with Crippen LogP contribution in [0.5, 0.6) is 0 Å². The lowest BCUT2D eigenvalue weighted by atomic mass is 10.0. The smallest absolute Gasteiger partial charge is 0.328 e. The molecule has 0 bridgehead atoms. The predicted molar refractivity (Wildman–Crippen MR) is 110 cm³/mol. The number of carbonyl (C=O) groups excluding carboxylic acids is 2. The summed E-state index contributed by atoms with van der Waals surface area (Å²) in [6.45, 7) is 0. The van der Waals surface area contributed by atoms with Crippen molar-refractivity contribution in [1.29, 1.82) is 0 Å². The van der Waals surface area contributed by atoms with Crippen molar-refractivity contribution in [2.75, 3.05) is 7.11 Å². The van der Waals surface area contributed by atoms with Crippen LogP contribution >= 0.6 is 11.6 Å². The second-order valence-corrected chi connectivity index (χ2v) is 6.70. The highest BCUT2D eigenvalue weighted by Gasteiger charge is 2.23. The molecule has 28 heavy (non-hydrogen) atoms. The van der Waals surface area contributed by atoms with Crippen molar-refractivity contribution in [3.05, 3.63) is 95.0 Å². The van der Waals surface area contributed by atoms with E-state index in [1.807, 2.05) is 60.7 Å². The Labute approximate surface area is 169 Å². The highest BCUT2D eigenvalue weighted by molar-refractivity contribution is 6.31. The van der Waals surface area contributed by atoms with Gasteiger partial charge in [0.25, 0.3) is 5.91 Å². The van der Waals surface area contributed by atoms with Crippen molar-refractivity contribution in [3.8, 4) is 11.1 Å². The van der Waals surface area contributed by atoms with E-state index in [4.69, 9.17) is 16.3 Å². The Morgan fingerprint density at radius 2 is 1.50 bits per heavy atom. The largest absolute Gasteiger partial charge is 0.467 e. The fourth-order valence-electron chi connectivity index (χ4n) is 2.91. The van der Waals surface area contributed by atoms with E-state index in [0.717, 1.165) is 16.7 Å². The molecule has 3 rings (SSSR count). The van der Waals surface area contributed by atoms with Crippen molar-refractivity contribution in [1.82, 2.24) is 5.32 Å². The lowest BCUT2D eigenvalue weighted by molar-refractivity contribution is -0.142. The van der Waals surface area contributed by atoms with Gasteiger partial charge in [0.1, 0.15) is 6.04 Å². The topological polar surface area (TPSA) is 55.4 Å². The van der Waals surface area contributed by atoms with Gasteiger partial charge >= 0.3 is 5.97 Å². The summed E-state index contributed by atoms with van der Waals surface area (Å²) >= 11 is 6.18. The summed E-state index contributed by atoms with van der Waals surface area (Å²) in [5.74, 6) is -0.865. The first-order chi connectivity index (χ1) is 13.6. The quantitative estimate of drug-likeness (QED) is 0.626. The van der Waals surface area contributed by atoms with Crippen LogP contribution in [-0.4, -0.2) is 25.0 Å². The van der Waals surface area contributed by atoms with Crippen LogP contribution < -0.4 is 5.32 Å². The molecule has 0 spiro atoms. The highest BCUT2D eigenvalue weighted by Crippen LogP contribution is 2.20. The van der Waals surface area contributed by atoms with E-state index >= 15 is 0 Å². The molecule has 1 amide bonds. The summed E-state index contributed by atoms with van der Waals surface area (Å²) in [5, 5.41) is 3.29. The lowest BCUT2D eigenvalue weighted by Gasteiger charge is -2.17. The molecular formula is C23H20ClNO3. The van der Waals surface area contributed by atoms with Crippen LogP contribution in [0.1, 0.15) is 15.9 Å². The molecule has 3 aromatic carbocycles. The molecule has 0 fully saturated rings. The lowest BCUT2D eigenvalue weighted by Crippen LogP contribution is -2.43. The molecule has 0 radical (unpaired) electrons. The Hall–Kier alpha value is -3.11. The zero-order chi connectivity index (χ0) is 19.9. The number of carbonyl (C=O) groups is 2. The normalized spacial score (nSPS) is 11.5. The zero-order valence-electron chi connectivity index (χ0n) is 15.4. The number of esters is 1. The number of amides is 1. The summed E-state index contributed by atoms with van der Waals surface area (Å²) in [5.41, 5.74) is 3.31. The summed E-state index contributed by atoms with van der Waals surface area (Å²) in [4.78, 5) is 24.8. The number of rotatable bonds is 6. The molecule has 0 aliphatic rings. The van der Waals surface area contributed by atoms with Crippen molar-refractivity contribution in [3.63, 3.8) is 0 Å². The van der Waals surface area contributed by atoms with Crippen molar-refractivity contribution >= 4 is 23.5 Å². The standard InChI is InChI=1S/C23H20ClNO3/c1-28-23(27)21(15-19-9-5-6-10-20(19)24)25-22(26)18-13-11-17(12-14-18)16-7-3-2-4-8-16/h2-14,21H,15H2,1H3,(H,25,26)/t21-/m0/s1. The van der Waals surface area contributed by atoms with Gasteiger partial charge in [0.15, 0.2) is 0 Å². The van der Waals surface area contributed by atoms with Crippen molar-refractivity contribution in [2.24, 2.45) is 0 Å². The van der Waals surface area contributed by atoms with E-state index in [2.05, 4.69) is 5.32 Å². The highest BCUT2D eigenvalue weighted by atomic mass is 35.5. The second-order valence-electron chi connectivity index (χ2n) is 6.29. The van der Waals surface area contributed by atoms with Gasteiger partial charge in [-0.3, -0.25) is 4.79 Å². The first-order valence-electron chi connectivity index (χ1n) is 8.86. The molecule has 0 aliphatic heterocycles. The van der Waals surface area contributed by atoms with E-state index in [1.165, 1.54) is 7.11 Å². The maximum absolute atomic E-state index is 12.6. The van der Waals surface area contributed by atoms with Crippen LogP contribution in [-0.2, 0) is 16.0 Å². The third-order valence-corrected chi connectivity index (χ3v) is 4.80. The first kappa shape index (κ1) is 19.6. The van der Waals surface area contributed by atoms with E-state index in [1.54, 1.807) is 18.2 Å². The monoisotopic (exact) mass is 393 g/mol. The van der Waals surface area contributed by atoms with E-state index in [9.17, 15) is 9.59 Å². The van der Waals surface area contributed by atoms with Gasteiger partial charge in [-0.2, -0.15) is 0 Å². The van der Waals surface area contributed by atoms with Gasteiger partial charge in [0, 0.05) is 17.0 Å². The molecule has 0 heterocycles. The number of ether oxygens (including phenoxy) is 1. The Morgan fingerprint density at radius 3 is 2.14 bits per heavy atom. The number of nitrogens with one attached hydrogen (secondary N) is 1. The summed E-state index contributed by atoms with van der Waals surface area (Å²) in [6.07, 6.45) is 0.250. The minimum Gasteiger partial charge on any atom is -0.467 e. The van der Waals surface area contributed by atoms with Gasteiger partial charge in [-0.25, -0.2) is 4.79 Å². The van der Waals surface area contributed by atoms with Crippen LogP contribution in [0.2, 0.25) is 5.02 Å². The minimum absolute atomic E-state index is 0.250. The van der Waals surface area contributed by atoms with Gasteiger partial charge < -0.3 is 10.1 Å². The number of halogens is 1. The van der Waals surface area contributed by atoms with E-state index in [0.29, 0.717) is 10.6 Å². The molecule has 0 aromatic heterocycles. The zero-order valence-corrected chi connectivity index (χ0v) is 16.1. The Kier molecular flexibility index (Phi) is 6.45. The molecule has 0 unspecified atom stereocenters. The van der Waals surface area contributed by atoms with Crippen LogP contribution in [0.4, 0.5) is 0 Å². The van der Waals surface area contributed by atoms with Crippen LogP contribution in [0, 0.1) is 0 Å². The van der Waals surface area contributed by atoms with E-state index < -0.39 is 12.0 Å². The Balaban J connectivity index is 1.74. The molecule has 0 aliphatic carbocycles. The maximum Gasteiger partial charge on any atom is 0.328 e. The molecule has 1 atom stereocenters. The third kappa shape index (κ3) is 4.78. The molecule has 0 saturated carbocycles. The van der Waals surface area contributed by atoms with Crippen molar-refractivity contribution in [2.45, 2.75) is 12.5 Å². The molecular weight excluding hydrogens is 374 g/mol. The first-order valence-corrected chi connectivity index (χ1v) is 9.24. The van der Waals surface area contributed by atoms with Crippen LogP contribution in [0.3, 0.4) is 0 Å². The molecule has 3 aromatic rings.